The van der Waals surface area contributed by atoms with E-state index in [-0.39, 0.29) is 12.5 Å². The third-order valence-electron chi connectivity index (χ3n) is 6.49. The Hall–Kier alpha value is -1.45. The Bertz CT molecular complexity index is 496. The molecule has 0 aliphatic carbocycles. The Morgan fingerprint density at radius 2 is 1.15 bits per heavy atom. The minimum atomic E-state index is -1.75. The van der Waals surface area contributed by atoms with E-state index in [1.54, 1.807) is 6.92 Å². The van der Waals surface area contributed by atoms with Crippen LogP contribution in [0.4, 0.5) is 0 Å². The van der Waals surface area contributed by atoms with E-state index in [0.717, 1.165) is 19.3 Å². The second kappa shape index (κ2) is 22.0. The average molecular weight is 492 g/mol. The van der Waals surface area contributed by atoms with E-state index < -0.39 is 15.4 Å². The van der Waals surface area contributed by atoms with E-state index in [0.29, 0.717) is 12.8 Å². The summed E-state index contributed by atoms with van der Waals surface area (Å²) in [5.74, 6) is 0.0143. The van der Waals surface area contributed by atoms with Crippen LogP contribution in [0.15, 0.2) is 0 Å². The van der Waals surface area contributed by atoms with E-state index in [9.17, 15) is 15.2 Å². The van der Waals surface area contributed by atoms with E-state index in [1.807, 2.05) is 6.92 Å². The molecule has 0 bridgehead atoms. The lowest BCUT2D eigenvalue weighted by Crippen LogP contribution is -2.61. The number of carbonyl (C=O) groups excluding carboxylic acids is 1. The molecule has 0 spiro atoms. The van der Waals surface area contributed by atoms with E-state index in [1.165, 1.54) is 90.5 Å². The number of likely N-dealkylation sites (N-methyl/N-ethyl adjacent to an activating group) is 1. The van der Waals surface area contributed by atoms with Gasteiger partial charge in [-0.1, -0.05) is 104 Å². The first-order valence-corrected chi connectivity index (χ1v) is 13.4. The number of nitrogens with zero attached hydrogens (tertiary/aromatic N) is 2. The number of hydrogen-bond donors (Lipinski definition) is 3. The standard InChI is InChI=1S/C25H52N2O3.NO3/c1-5-7-8-9-10-11-12-13-14-15-16-17-18-19-20-21-24(28)26-23-25(3,22-6-2)27(4,29)30;2-1(3)4/h29-30H,5-23H2,1-4H3;/q;-1/p+1. The average Bonchev–Trinajstić information content (AvgIpc) is 2.74. The van der Waals surface area contributed by atoms with Gasteiger partial charge in [0.2, 0.25) is 5.91 Å². The number of amides is 1. The van der Waals surface area contributed by atoms with Crippen molar-refractivity contribution in [3.63, 3.8) is 0 Å². The van der Waals surface area contributed by atoms with Crippen molar-refractivity contribution in [1.29, 1.82) is 0 Å². The van der Waals surface area contributed by atoms with Crippen LogP contribution in [0.1, 0.15) is 136 Å². The lowest BCUT2D eigenvalue weighted by atomic mass is 9.95. The third-order valence-corrected chi connectivity index (χ3v) is 6.49. The van der Waals surface area contributed by atoms with E-state index in [4.69, 9.17) is 15.3 Å². The van der Waals surface area contributed by atoms with Gasteiger partial charge in [0, 0.05) is 12.8 Å². The summed E-state index contributed by atoms with van der Waals surface area (Å²) >= 11 is 0. The molecule has 0 saturated heterocycles. The van der Waals surface area contributed by atoms with Crippen molar-refractivity contribution < 1.29 is 25.1 Å². The summed E-state index contributed by atoms with van der Waals surface area (Å²) in [6, 6.07) is 0. The summed E-state index contributed by atoms with van der Waals surface area (Å²) in [4.78, 5) is 19.2. The summed E-state index contributed by atoms with van der Waals surface area (Å²) in [5.41, 5.74) is -0.778. The van der Waals surface area contributed by atoms with Gasteiger partial charge in [0.15, 0.2) is 5.54 Å². The van der Waals surface area contributed by atoms with Crippen molar-refractivity contribution in [3.8, 4) is 0 Å². The molecule has 0 aromatic carbocycles. The first-order chi connectivity index (χ1) is 16.0. The van der Waals surface area contributed by atoms with Crippen LogP contribution in [0.25, 0.3) is 0 Å². The number of rotatable bonds is 21. The fourth-order valence-corrected chi connectivity index (χ4v) is 4.02. The molecule has 0 aromatic heterocycles. The lowest BCUT2D eigenvalue weighted by molar-refractivity contribution is -1.26. The first-order valence-electron chi connectivity index (χ1n) is 13.4. The molecule has 9 nitrogen and oxygen atoms in total. The van der Waals surface area contributed by atoms with Crippen LogP contribution in [0.3, 0.4) is 0 Å². The van der Waals surface area contributed by atoms with E-state index >= 15 is 0 Å². The maximum absolute atomic E-state index is 12.1. The molecule has 0 heterocycles. The molecule has 1 unspecified atom stereocenters. The second-order valence-electron chi connectivity index (χ2n) is 9.86. The molecule has 1 atom stereocenters. The number of quaternary nitrogens is 1. The van der Waals surface area contributed by atoms with Gasteiger partial charge in [-0.25, -0.2) is 0 Å². The molecule has 1 amide bonds. The molecule has 34 heavy (non-hydrogen) atoms. The van der Waals surface area contributed by atoms with Gasteiger partial charge >= 0.3 is 0 Å². The van der Waals surface area contributed by atoms with Crippen LogP contribution in [-0.2, 0) is 4.79 Å². The highest BCUT2D eigenvalue weighted by atomic mass is 16.9. The molecule has 0 aliphatic rings. The van der Waals surface area contributed by atoms with Crippen LogP contribution in [0.2, 0.25) is 0 Å². The van der Waals surface area contributed by atoms with Crippen LogP contribution >= 0.6 is 0 Å². The fraction of sp³-hybridized carbons (Fsp3) is 0.960. The highest BCUT2D eigenvalue weighted by molar-refractivity contribution is 5.75. The maximum Gasteiger partial charge on any atom is 0.220 e. The molecule has 0 rings (SSSR count). The van der Waals surface area contributed by atoms with Gasteiger partial charge in [-0.2, -0.15) is 10.4 Å². The van der Waals surface area contributed by atoms with Gasteiger partial charge < -0.3 is 20.6 Å². The lowest BCUT2D eigenvalue weighted by Gasteiger charge is -2.36. The molecule has 0 aliphatic heterocycles. The predicted octanol–water partition coefficient (Wildman–Crippen LogP) is 6.91. The maximum atomic E-state index is 12.1. The number of nitrogens with one attached hydrogen (secondary N) is 1. The van der Waals surface area contributed by atoms with Crippen molar-refractivity contribution in [2.45, 2.75) is 142 Å². The van der Waals surface area contributed by atoms with Gasteiger partial charge in [-0.15, -0.1) is 0 Å². The summed E-state index contributed by atoms with van der Waals surface area (Å²) < 4.78 is 0. The summed E-state index contributed by atoms with van der Waals surface area (Å²) in [5, 5.41) is 37.5. The Balaban J connectivity index is 0. The molecule has 0 fully saturated rings. The smallest absolute Gasteiger partial charge is 0.220 e. The minimum Gasteiger partial charge on any atom is -0.356 e. The molecular formula is C25H53N3O6. The highest BCUT2D eigenvalue weighted by Crippen LogP contribution is 2.23. The zero-order chi connectivity index (χ0) is 26.3. The van der Waals surface area contributed by atoms with Gasteiger partial charge in [-0.05, 0) is 24.6 Å². The number of hydrogen-bond acceptors (Lipinski definition) is 6. The van der Waals surface area contributed by atoms with Crippen LogP contribution < -0.4 is 5.32 Å². The van der Waals surface area contributed by atoms with Crippen LogP contribution in [-0.4, -0.2) is 45.3 Å². The quantitative estimate of drug-likeness (QED) is 0.0690. The Morgan fingerprint density at radius 1 is 0.794 bits per heavy atom. The SMILES string of the molecule is CCCCCCCCCCCCCCCCCC(=O)NCC(C)(CCC)[N+](C)(O)O.O=[N+]([O-])[O-]. The van der Waals surface area contributed by atoms with Gasteiger partial charge in [0.05, 0.1) is 11.6 Å². The molecule has 0 radical (unpaired) electrons. The Labute approximate surface area is 207 Å². The number of hydroxylamine groups is 4. The van der Waals surface area contributed by atoms with Crippen molar-refractivity contribution >= 4 is 5.91 Å². The third kappa shape index (κ3) is 22.3. The predicted molar refractivity (Wildman–Crippen MR) is 136 cm³/mol. The Morgan fingerprint density at radius 3 is 1.47 bits per heavy atom. The normalized spacial score (nSPS) is 13.0. The molecule has 204 valence electrons. The van der Waals surface area contributed by atoms with Crippen LogP contribution in [0, 0.1) is 15.3 Å². The van der Waals surface area contributed by atoms with Crippen molar-refractivity contribution in [2.24, 2.45) is 0 Å². The zero-order valence-electron chi connectivity index (χ0n) is 22.4. The summed E-state index contributed by atoms with van der Waals surface area (Å²) in [7, 11) is 1.34. The van der Waals surface area contributed by atoms with Crippen molar-refractivity contribution in [1.82, 2.24) is 5.32 Å². The van der Waals surface area contributed by atoms with Gasteiger partial charge in [0.25, 0.3) is 0 Å². The van der Waals surface area contributed by atoms with Crippen molar-refractivity contribution in [3.05, 3.63) is 15.3 Å². The number of carbonyl (C=O) groups is 1. The molecule has 0 saturated carbocycles. The van der Waals surface area contributed by atoms with Gasteiger partial charge in [-0.3, -0.25) is 4.79 Å². The molecule has 3 N–H and O–H groups in total. The molecular weight excluding hydrogens is 438 g/mol. The fourth-order valence-electron chi connectivity index (χ4n) is 4.02. The number of unbranched alkanes of at least 4 members (excludes halogenated alkanes) is 14. The van der Waals surface area contributed by atoms with E-state index in [2.05, 4.69) is 12.2 Å². The topological polar surface area (TPSA) is 136 Å². The summed E-state index contributed by atoms with van der Waals surface area (Å²) in [6.07, 6.45) is 21.8. The highest BCUT2D eigenvalue weighted by Gasteiger charge is 2.43. The van der Waals surface area contributed by atoms with Crippen LogP contribution in [0.5, 0.6) is 0 Å². The summed E-state index contributed by atoms with van der Waals surface area (Å²) in [6.45, 7) is 6.35. The Kier molecular flexibility index (Phi) is 22.5. The largest absolute Gasteiger partial charge is 0.356 e. The first kappa shape index (κ1) is 34.7. The zero-order valence-corrected chi connectivity index (χ0v) is 22.4. The monoisotopic (exact) mass is 491 g/mol. The molecule has 9 heteroatoms. The van der Waals surface area contributed by atoms with Gasteiger partial charge in [0.1, 0.15) is 7.05 Å². The minimum absolute atomic E-state index is 0.0143. The second-order valence-corrected chi connectivity index (χ2v) is 9.86. The van der Waals surface area contributed by atoms with Crippen molar-refractivity contribution in [2.75, 3.05) is 13.6 Å². The molecule has 0 aromatic rings.